The van der Waals surface area contributed by atoms with Gasteiger partial charge in [-0.05, 0) is 43.0 Å². The number of piperidine rings is 1. The molecule has 1 aromatic rings. The van der Waals surface area contributed by atoms with Crippen molar-refractivity contribution in [3.63, 3.8) is 0 Å². The number of carbonyl (C=O) groups is 2. The maximum absolute atomic E-state index is 12.4. The van der Waals surface area contributed by atoms with Gasteiger partial charge in [-0.3, -0.25) is 9.59 Å². The van der Waals surface area contributed by atoms with E-state index in [9.17, 15) is 14.9 Å². The first-order valence-electron chi connectivity index (χ1n) is 8.23. The predicted molar refractivity (Wildman–Crippen MR) is 93.1 cm³/mol. The number of allylic oxidation sites excluding steroid dienone is 1. The van der Waals surface area contributed by atoms with E-state index in [0.717, 1.165) is 19.3 Å². The number of ether oxygens (including phenoxy) is 2. The lowest BCUT2D eigenvalue weighted by molar-refractivity contribution is -0.138. The van der Waals surface area contributed by atoms with Crippen LogP contribution in [-0.2, 0) is 9.59 Å². The van der Waals surface area contributed by atoms with Crippen LogP contribution in [0.3, 0.4) is 0 Å². The van der Waals surface area contributed by atoms with E-state index < -0.39 is 17.6 Å². The Morgan fingerprint density at radius 1 is 1.16 bits per heavy atom. The van der Waals surface area contributed by atoms with E-state index in [1.54, 1.807) is 36.3 Å². The summed E-state index contributed by atoms with van der Waals surface area (Å²) in [6, 6.07) is 7.05. The zero-order valence-corrected chi connectivity index (χ0v) is 14.5. The van der Waals surface area contributed by atoms with Crippen molar-refractivity contribution in [1.29, 1.82) is 5.26 Å². The third kappa shape index (κ3) is 4.60. The molecular weight excluding hydrogens is 320 g/mol. The van der Waals surface area contributed by atoms with Crippen LogP contribution in [0.5, 0.6) is 11.5 Å². The Bertz CT molecular complexity index is 700. The molecule has 6 nitrogen and oxygen atoms in total. The van der Waals surface area contributed by atoms with Gasteiger partial charge in [0, 0.05) is 13.1 Å². The van der Waals surface area contributed by atoms with Crippen molar-refractivity contribution in [1.82, 2.24) is 4.90 Å². The smallest absolute Gasteiger partial charge is 0.247 e. The largest absolute Gasteiger partial charge is 0.493 e. The number of carbonyl (C=O) groups excluding carboxylic acids is 2. The van der Waals surface area contributed by atoms with Gasteiger partial charge in [-0.25, -0.2) is 0 Å². The second-order valence-corrected chi connectivity index (χ2v) is 5.80. The van der Waals surface area contributed by atoms with Gasteiger partial charge in [0.2, 0.25) is 5.91 Å². The third-order valence-corrected chi connectivity index (χ3v) is 4.18. The number of benzene rings is 1. The summed E-state index contributed by atoms with van der Waals surface area (Å²) in [7, 11) is 3.07. The Hall–Kier alpha value is -2.81. The van der Waals surface area contributed by atoms with Gasteiger partial charge in [0.05, 0.1) is 20.3 Å². The van der Waals surface area contributed by atoms with Crippen molar-refractivity contribution >= 4 is 17.8 Å². The number of ketones is 1. The third-order valence-electron chi connectivity index (χ3n) is 4.18. The molecular formula is C19H22N2O4. The van der Waals surface area contributed by atoms with Gasteiger partial charge in [-0.1, -0.05) is 12.1 Å². The van der Waals surface area contributed by atoms with E-state index in [1.165, 1.54) is 13.2 Å². The van der Waals surface area contributed by atoms with E-state index in [1.807, 2.05) is 6.07 Å². The summed E-state index contributed by atoms with van der Waals surface area (Å²) < 4.78 is 10.4. The van der Waals surface area contributed by atoms with Crippen molar-refractivity contribution < 1.29 is 19.1 Å². The summed E-state index contributed by atoms with van der Waals surface area (Å²) in [6.45, 7) is 1.23. The van der Waals surface area contributed by atoms with Crippen LogP contribution in [0.25, 0.3) is 6.08 Å². The molecule has 132 valence electrons. The molecule has 1 saturated heterocycles. The Morgan fingerprint density at radius 3 is 2.44 bits per heavy atom. The first-order valence-corrected chi connectivity index (χ1v) is 8.23. The van der Waals surface area contributed by atoms with Gasteiger partial charge in [0.1, 0.15) is 0 Å². The number of likely N-dealkylation sites (tertiary alicyclic amines) is 1. The van der Waals surface area contributed by atoms with Crippen LogP contribution in [0.2, 0.25) is 0 Å². The maximum Gasteiger partial charge on any atom is 0.247 e. The Labute approximate surface area is 147 Å². The molecule has 1 amide bonds. The second-order valence-electron chi connectivity index (χ2n) is 5.80. The first-order chi connectivity index (χ1) is 12.1. The fraction of sp³-hybridized carbons (Fsp3) is 0.421. The molecule has 0 N–H and O–H groups in total. The molecule has 1 fully saturated rings. The molecule has 0 spiro atoms. The van der Waals surface area contributed by atoms with E-state index in [-0.39, 0.29) is 0 Å². The number of rotatable bonds is 6. The second kappa shape index (κ2) is 8.88. The van der Waals surface area contributed by atoms with Gasteiger partial charge < -0.3 is 14.4 Å². The van der Waals surface area contributed by atoms with E-state index >= 15 is 0 Å². The Morgan fingerprint density at radius 2 is 1.84 bits per heavy atom. The topological polar surface area (TPSA) is 79.6 Å². The number of amides is 1. The average molecular weight is 342 g/mol. The molecule has 25 heavy (non-hydrogen) atoms. The van der Waals surface area contributed by atoms with Crippen LogP contribution in [0.1, 0.15) is 24.8 Å². The predicted octanol–water partition coefficient (Wildman–Crippen LogP) is 2.44. The van der Waals surface area contributed by atoms with Gasteiger partial charge in [0.15, 0.2) is 23.2 Å². The minimum absolute atomic E-state index is 0.399. The number of nitriles is 1. The van der Waals surface area contributed by atoms with Crippen LogP contribution in [0, 0.1) is 17.2 Å². The molecule has 0 radical (unpaired) electrons. The summed E-state index contributed by atoms with van der Waals surface area (Å²) in [4.78, 5) is 26.3. The number of nitrogens with zero attached hydrogens (tertiary/aromatic N) is 2. The summed E-state index contributed by atoms with van der Waals surface area (Å²) in [6.07, 6.45) is 5.75. The van der Waals surface area contributed by atoms with Crippen molar-refractivity contribution in [2.45, 2.75) is 19.3 Å². The SMILES string of the molecule is COc1ccc(C=CC(=O)C(C#N)C(=O)N2CCCCC2)cc1OC. The molecule has 1 heterocycles. The molecule has 1 unspecified atom stereocenters. The van der Waals surface area contributed by atoms with Crippen LogP contribution < -0.4 is 9.47 Å². The Balaban J connectivity index is 2.09. The molecule has 1 atom stereocenters. The van der Waals surface area contributed by atoms with Gasteiger partial charge in [0.25, 0.3) is 0 Å². The van der Waals surface area contributed by atoms with Crippen molar-refractivity contribution in [2.24, 2.45) is 5.92 Å². The van der Waals surface area contributed by atoms with Gasteiger partial charge >= 0.3 is 0 Å². The summed E-state index contributed by atoms with van der Waals surface area (Å²) in [5.74, 6) is -1.06. The lowest BCUT2D eigenvalue weighted by Gasteiger charge is -2.27. The fourth-order valence-electron chi connectivity index (χ4n) is 2.77. The fourth-order valence-corrected chi connectivity index (χ4v) is 2.77. The molecule has 0 aromatic heterocycles. The lowest BCUT2D eigenvalue weighted by Crippen LogP contribution is -2.41. The summed E-state index contributed by atoms with van der Waals surface area (Å²) in [5.41, 5.74) is 0.716. The highest BCUT2D eigenvalue weighted by Gasteiger charge is 2.29. The van der Waals surface area contributed by atoms with Crippen molar-refractivity contribution in [2.75, 3.05) is 27.3 Å². The molecule has 0 saturated carbocycles. The number of methoxy groups -OCH3 is 2. The van der Waals surface area contributed by atoms with E-state index in [4.69, 9.17) is 9.47 Å². The van der Waals surface area contributed by atoms with Gasteiger partial charge in [-0.2, -0.15) is 5.26 Å². The molecule has 1 aromatic carbocycles. The van der Waals surface area contributed by atoms with Crippen molar-refractivity contribution in [3.05, 3.63) is 29.8 Å². The standard InChI is InChI=1S/C19H22N2O4/c1-24-17-9-7-14(12-18(17)25-2)6-8-16(22)15(13-20)19(23)21-10-4-3-5-11-21/h6-9,12,15H,3-5,10-11H2,1-2H3. The zero-order valence-electron chi connectivity index (χ0n) is 14.5. The zero-order chi connectivity index (χ0) is 18.2. The molecule has 0 bridgehead atoms. The molecule has 0 aliphatic carbocycles. The van der Waals surface area contributed by atoms with Crippen LogP contribution in [-0.4, -0.2) is 43.9 Å². The van der Waals surface area contributed by atoms with Crippen LogP contribution >= 0.6 is 0 Å². The highest BCUT2D eigenvalue weighted by Crippen LogP contribution is 2.28. The van der Waals surface area contributed by atoms with Crippen LogP contribution in [0.15, 0.2) is 24.3 Å². The van der Waals surface area contributed by atoms with E-state index in [0.29, 0.717) is 30.2 Å². The monoisotopic (exact) mass is 342 g/mol. The minimum atomic E-state index is -1.28. The summed E-state index contributed by atoms with van der Waals surface area (Å²) in [5, 5.41) is 9.26. The maximum atomic E-state index is 12.4. The molecule has 1 aliphatic rings. The molecule has 2 rings (SSSR count). The Kier molecular flexibility index (Phi) is 6.58. The average Bonchev–Trinajstić information content (AvgIpc) is 2.67. The lowest BCUT2D eigenvalue weighted by atomic mass is 10.0. The number of hydrogen-bond donors (Lipinski definition) is 0. The first kappa shape index (κ1) is 18.5. The van der Waals surface area contributed by atoms with E-state index in [2.05, 4.69) is 0 Å². The molecule has 1 aliphatic heterocycles. The van der Waals surface area contributed by atoms with Crippen LogP contribution in [0.4, 0.5) is 0 Å². The van der Waals surface area contributed by atoms with Gasteiger partial charge in [-0.15, -0.1) is 0 Å². The highest BCUT2D eigenvalue weighted by molar-refractivity contribution is 6.10. The highest BCUT2D eigenvalue weighted by atomic mass is 16.5. The summed E-state index contributed by atoms with van der Waals surface area (Å²) >= 11 is 0. The normalized spacial score (nSPS) is 15.5. The minimum Gasteiger partial charge on any atom is -0.493 e. The molecule has 6 heteroatoms. The number of hydrogen-bond acceptors (Lipinski definition) is 5. The van der Waals surface area contributed by atoms with Crippen molar-refractivity contribution in [3.8, 4) is 17.6 Å². The quantitative estimate of drug-likeness (QED) is 0.586.